The number of carbonyl (C=O) groups is 1. The monoisotopic (exact) mass is 246 g/mol. The van der Waals surface area contributed by atoms with Gasteiger partial charge < -0.3 is 4.74 Å². The first-order valence-corrected chi connectivity index (χ1v) is 4.40. The maximum absolute atomic E-state index is 12.8. The highest BCUT2D eigenvalue weighted by atomic mass is 19.4. The van der Waals surface area contributed by atoms with Crippen molar-refractivity contribution < 1.29 is 31.5 Å². The topological polar surface area (TPSA) is 26.3 Å². The minimum atomic E-state index is -4.61. The van der Waals surface area contributed by atoms with E-state index in [1.165, 1.54) is 0 Å². The number of alkyl halides is 5. The maximum Gasteiger partial charge on any atom is 0.389 e. The van der Waals surface area contributed by atoms with Gasteiger partial charge in [-0.1, -0.05) is 6.58 Å². The number of rotatable bonds is 6. The summed E-state index contributed by atoms with van der Waals surface area (Å²) < 4.78 is 64.8. The van der Waals surface area contributed by atoms with Gasteiger partial charge in [-0.3, -0.25) is 0 Å². The summed E-state index contributed by atoms with van der Waals surface area (Å²) in [5.74, 6) is -4.37. The van der Waals surface area contributed by atoms with Crippen LogP contribution in [0.3, 0.4) is 0 Å². The van der Waals surface area contributed by atoms with Crippen molar-refractivity contribution in [1.82, 2.24) is 0 Å². The van der Waals surface area contributed by atoms with Crippen LogP contribution in [0.4, 0.5) is 22.0 Å². The van der Waals surface area contributed by atoms with Crippen LogP contribution in [-0.4, -0.2) is 24.7 Å². The minimum Gasteiger partial charge on any atom is -0.462 e. The van der Waals surface area contributed by atoms with Gasteiger partial charge in [-0.05, 0) is 0 Å². The zero-order valence-corrected chi connectivity index (χ0v) is 8.32. The molecular formula is C9H11F5O2. The van der Waals surface area contributed by atoms with Crippen molar-refractivity contribution in [1.29, 1.82) is 0 Å². The van der Waals surface area contributed by atoms with Crippen molar-refractivity contribution in [3.8, 4) is 0 Å². The van der Waals surface area contributed by atoms with E-state index in [9.17, 15) is 26.7 Å². The predicted molar refractivity (Wildman–Crippen MR) is 46.0 cm³/mol. The molecule has 16 heavy (non-hydrogen) atoms. The lowest BCUT2D eigenvalue weighted by Crippen LogP contribution is -2.23. The van der Waals surface area contributed by atoms with Crippen LogP contribution >= 0.6 is 0 Å². The maximum atomic E-state index is 12.8. The summed E-state index contributed by atoms with van der Waals surface area (Å²) in [5.41, 5.74) is 0. The molecule has 0 saturated carbocycles. The third kappa shape index (κ3) is 8.19. The van der Waals surface area contributed by atoms with E-state index in [0.717, 1.165) is 6.08 Å². The molecule has 0 saturated heterocycles. The van der Waals surface area contributed by atoms with Gasteiger partial charge in [-0.25, -0.2) is 13.6 Å². The lowest BCUT2D eigenvalue weighted by Gasteiger charge is -2.16. The number of ether oxygens (including phenoxy) is 1. The third-order valence-electron chi connectivity index (χ3n) is 1.65. The Morgan fingerprint density at radius 3 is 2.12 bits per heavy atom. The van der Waals surface area contributed by atoms with Crippen molar-refractivity contribution in [3.05, 3.63) is 12.7 Å². The third-order valence-corrected chi connectivity index (χ3v) is 1.65. The molecule has 0 amide bonds. The molecule has 94 valence electrons. The van der Waals surface area contributed by atoms with Crippen molar-refractivity contribution in [3.63, 3.8) is 0 Å². The first kappa shape index (κ1) is 14.9. The van der Waals surface area contributed by atoms with Gasteiger partial charge in [-0.2, -0.15) is 13.2 Å². The van der Waals surface area contributed by atoms with Crippen molar-refractivity contribution in [2.24, 2.45) is 0 Å². The van der Waals surface area contributed by atoms with E-state index in [4.69, 9.17) is 0 Å². The van der Waals surface area contributed by atoms with Crippen LogP contribution in [0.2, 0.25) is 0 Å². The predicted octanol–water partition coefficient (Wildman–Crippen LogP) is 3.08. The molecule has 0 aromatic carbocycles. The molecule has 0 fully saturated rings. The van der Waals surface area contributed by atoms with Crippen molar-refractivity contribution in [2.45, 2.75) is 31.4 Å². The van der Waals surface area contributed by atoms with Crippen LogP contribution in [-0.2, 0) is 9.53 Å². The van der Waals surface area contributed by atoms with E-state index >= 15 is 0 Å². The van der Waals surface area contributed by atoms with Gasteiger partial charge in [0, 0.05) is 25.3 Å². The van der Waals surface area contributed by atoms with Crippen LogP contribution in [0, 0.1) is 0 Å². The van der Waals surface area contributed by atoms with Crippen LogP contribution < -0.4 is 0 Å². The Morgan fingerprint density at radius 1 is 1.12 bits per heavy atom. The van der Waals surface area contributed by atoms with Crippen LogP contribution in [0.25, 0.3) is 0 Å². The average molecular weight is 246 g/mol. The number of esters is 1. The lowest BCUT2D eigenvalue weighted by molar-refractivity contribution is -0.156. The fourth-order valence-corrected chi connectivity index (χ4v) is 0.809. The quantitative estimate of drug-likeness (QED) is 0.409. The van der Waals surface area contributed by atoms with E-state index in [1.54, 1.807) is 0 Å². The SMILES string of the molecule is C=CC(=O)OCCC(F)(F)CCC(F)(F)F. The van der Waals surface area contributed by atoms with Gasteiger partial charge in [0.15, 0.2) is 0 Å². The van der Waals surface area contributed by atoms with E-state index in [-0.39, 0.29) is 0 Å². The summed E-state index contributed by atoms with van der Waals surface area (Å²) in [6.45, 7) is 2.40. The van der Waals surface area contributed by atoms with Crippen LogP contribution in [0.1, 0.15) is 19.3 Å². The van der Waals surface area contributed by atoms with Gasteiger partial charge in [0.1, 0.15) is 0 Å². The zero-order chi connectivity index (χ0) is 12.8. The molecule has 0 aliphatic rings. The fourth-order valence-electron chi connectivity index (χ4n) is 0.809. The van der Waals surface area contributed by atoms with E-state index < -0.39 is 43.9 Å². The first-order chi connectivity index (χ1) is 7.16. The molecule has 0 heterocycles. The number of hydrogen-bond donors (Lipinski definition) is 0. The molecule has 7 heteroatoms. The summed E-state index contributed by atoms with van der Waals surface area (Å²) in [6.07, 6.45) is -7.62. The largest absolute Gasteiger partial charge is 0.462 e. The molecule has 2 nitrogen and oxygen atoms in total. The summed E-state index contributed by atoms with van der Waals surface area (Å²) in [7, 11) is 0. The number of hydrogen-bond acceptors (Lipinski definition) is 2. The Bertz CT molecular complexity index is 247. The first-order valence-electron chi connectivity index (χ1n) is 4.40. The molecular weight excluding hydrogens is 235 g/mol. The Morgan fingerprint density at radius 2 is 1.69 bits per heavy atom. The Hall–Kier alpha value is -1.14. The Labute approximate surface area is 89.1 Å². The zero-order valence-electron chi connectivity index (χ0n) is 8.32. The second kappa shape index (κ2) is 5.81. The Balaban J connectivity index is 3.87. The normalized spacial score (nSPS) is 12.3. The van der Waals surface area contributed by atoms with Crippen molar-refractivity contribution in [2.75, 3.05) is 6.61 Å². The standard InChI is InChI=1S/C9H11F5O2/c1-2-7(15)16-6-5-8(10,11)3-4-9(12,13)14/h2H,1,3-6H2. The summed E-state index contributed by atoms with van der Waals surface area (Å²) in [6, 6.07) is 0. The molecule has 0 aromatic rings. The smallest absolute Gasteiger partial charge is 0.389 e. The average Bonchev–Trinajstić information content (AvgIpc) is 2.13. The van der Waals surface area contributed by atoms with E-state index in [1.807, 2.05) is 0 Å². The number of halogens is 5. The highest BCUT2D eigenvalue weighted by molar-refractivity contribution is 5.81. The molecule has 0 aliphatic carbocycles. The lowest BCUT2D eigenvalue weighted by atomic mass is 10.1. The van der Waals surface area contributed by atoms with Gasteiger partial charge in [0.25, 0.3) is 5.92 Å². The molecule has 0 spiro atoms. The highest BCUT2D eigenvalue weighted by Gasteiger charge is 2.36. The van der Waals surface area contributed by atoms with Gasteiger partial charge in [-0.15, -0.1) is 0 Å². The van der Waals surface area contributed by atoms with E-state index in [2.05, 4.69) is 11.3 Å². The molecule has 0 atom stereocenters. The molecule has 0 N–H and O–H groups in total. The molecule has 0 aliphatic heterocycles. The van der Waals surface area contributed by atoms with Crippen molar-refractivity contribution >= 4 is 5.97 Å². The van der Waals surface area contributed by atoms with Crippen LogP contribution in [0.5, 0.6) is 0 Å². The second-order valence-corrected chi connectivity index (χ2v) is 3.09. The van der Waals surface area contributed by atoms with Gasteiger partial charge in [0.2, 0.25) is 0 Å². The fraction of sp³-hybridized carbons (Fsp3) is 0.667. The van der Waals surface area contributed by atoms with Gasteiger partial charge in [0.05, 0.1) is 6.61 Å². The highest BCUT2D eigenvalue weighted by Crippen LogP contribution is 2.31. The summed E-state index contributed by atoms with van der Waals surface area (Å²) in [4.78, 5) is 10.4. The molecule has 0 unspecified atom stereocenters. The van der Waals surface area contributed by atoms with Crippen LogP contribution in [0.15, 0.2) is 12.7 Å². The summed E-state index contributed by atoms with van der Waals surface area (Å²) in [5, 5.41) is 0. The summed E-state index contributed by atoms with van der Waals surface area (Å²) >= 11 is 0. The molecule has 0 radical (unpaired) electrons. The van der Waals surface area contributed by atoms with Gasteiger partial charge >= 0.3 is 12.1 Å². The molecule has 0 bridgehead atoms. The minimum absolute atomic E-state index is 0.629. The second-order valence-electron chi connectivity index (χ2n) is 3.09. The molecule has 0 rings (SSSR count). The molecule has 0 aromatic heterocycles. The Kier molecular flexibility index (Phi) is 5.40. The number of carbonyl (C=O) groups excluding carboxylic acids is 1. The van der Waals surface area contributed by atoms with E-state index in [0.29, 0.717) is 0 Å².